The van der Waals surface area contributed by atoms with Gasteiger partial charge >= 0.3 is 0 Å². The number of nitrogens with zero attached hydrogens (tertiary/aromatic N) is 1. The summed E-state index contributed by atoms with van der Waals surface area (Å²) in [5.74, 6) is 0.494. The minimum absolute atomic E-state index is 0.0622. The largest absolute Gasteiger partial charge is 0.330 e. The van der Waals surface area contributed by atoms with Gasteiger partial charge in [0.1, 0.15) is 0 Å². The first-order valence-electron chi connectivity index (χ1n) is 4.42. The third-order valence-electron chi connectivity index (χ3n) is 1.79. The molecular formula is C8H20N2O2S. The van der Waals surface area contributed by atoms with E-state index in [1.807, 2.05) is 25.9 Å². The summed E-state index contributed by atoms with van der Waals surface area (Å²) < 4.78 is 22.8. The number of hydrogen-bond acceptors (Lipinski definition) is 4. The Hall–Kier alpha value is -0.130. The second-order valence-corrected chi connectivity index (χ2v) is 5.99. The van der Waals surface area contributed by atoms with Crippen LogP contribution in [0.25, 0.3) is 0 Å². The van der Waals surface area contributed by atoms with E-state index < -0.39 is 9.84 Å². The summed E-state index contributed by atoms with van der Waals surface area (Å²) in [5.41, 5.74) is 5.36. The average Bonchev–Trinajstić information content (AvgIpc) is 2.00. The first kappa shape index (κ1) is 12.9. The van der Waals surface area contributed by atoms with Gasteiger partial charge in [-0.15, -0.1) is 0 Å². The van der Waals surface area contributed by atoms with Crippen LogP contribution in [0.5, 0.6) is 0 Å². The highest BCUT2D eigenvalue weighted by Crippen LogP contribution is 2.00. The zero-order valence-electron chi connectivity index (χ0n) is 8.66. The summed E-state index contributed by atoms with van der Waals surface area (Å²) in [6.45, 7) is 2.87. The van der Waals surface area contributed by atoms with Gasteiger partial charge in [0.2, 0.25) is 0 Å². The van der Waals surface area contributed by atoms with E-state index in [1.165, 1.54) is 0 Å². The summed E-state index contributed by atoms with van der Waals surface area (Å²) in [7, 11) is 0.816. The summed E-state index contributed by atoms with van der Waals surface area (Å²) in [4.78, 5) is 1.87. The lowest BCUT2D eigenvalue weighted by molar-refractivity contribution is 0.431. The molecule has 0 aromatic heterocycles. The lowest BCUT2D eigenvalue weighted by Gasteiger charge is -2.12. The predicted octanol–water partition coefficient (Wildman–Crippen LogP) is -0.442. The predicted molar refractivity (Wildman–Crippen MR) is 55.4 cm³/mol. The molecule has 0 radical (unpaired) electrons. The van der Waals surface area contributed by atoms with Gasteiger partial charge in [0, 0.05) is 6.54 Å². The van der Waals surface area contributed by atoms with Crippen molar-refractivity contribution in [3.05, 3.63) is 0 Å². The normalized spacial score (nSPS) is 14.8. The van der Waals surface area contributed by atoms with E-state index in [-0.39, 0.29) is 17.4 Å². The highest BCUT2D eigenvalue weighted by atomic mass is 32.2. The molecule has 2 N–H and O–H groups in total. The molecule has 80 valence electrons. The molecule has 0 saturated carbocycles. The Bertz CT molecular complexity index is 224. The maximum atomic E-state index is 11.4. The lowest BCUT2D eigenvalue weighted by atomic mass is 10.2. The zero-order chi connectivity index (χ0) is 10.5. The molecule has 1 atom stereocenters. The van der Waals surface area contributed by atoms with Crippen LogP contribution in [-0.4, -0.2) is 52.0 Å². The van der Waals surface area contributed by atoms with Gasteiger partial charge < -0.3 is 10.6 Å². The minimum Gasteiger partial charge on any atom is -0.330 e. The fourth-order valence-corrected chi connectivity index (χ4v) is 2.72. The molecule has 0 bridgehead atoms. The Balaban J connectivity index is 3.95. The molecule has 0 aliphatic carbocycles. The van der Waals surface area contributed by atoms with Crippen molar-refractivity contribution in [1.29, 1.82) is 0 Å². The van der Waals surface area contributed by atoms with Gasteiger partial charge in [-0.3, -0.25) is 0 Å². The molecule has 4 nitrogen and oxygen atoms in total. The van der Waals surface area contributed by atoms with E-state index in [1.54, 1.807) is 0 Å². The highest BCUT2D eigenvalue weighted by molar-refractivity contribution is 7.91. The molecule has 0 heterocycles. The Morgan fingerprint density at radius 3 is 2.31 bits per heavy atom. The van der Waals surface area contributed by atoms with Gasteiger partial charge in [0.25, 0.3) is 0 Å². The third-order valence-corrected chi connectivity index (χ3v) is 3.67. The van der Waals surface area contributed by atoms with E-state index in [2.05, 4.69) is 0 Å². The first-order valence-corrected chi connectivity index (χ1v) is 6.24. The highest BCUT2D eigenvalue weighted by Gasteiger charge is 2.14. The molecule has 0 aromatic carbocycles. The van der Waals surface area contributed by atoms with Gasteiger partial charge in [-0.25, -0.2) is 8.42 Å². The van der Waals surface area contributed by atoms with Gasteiger partial charge in [0.15, 0.2) is 9.84 Å². The standard InChI is InChI=1S/C8H20N2O2S/c1-8(6-9)7-13(11,12)5-4-10(2)3/h8H,4-7,9H2,1-3H3. The summed E-state index contributed by atoms with van der Waals surface area (Å²) >= 11 is 0. The fourth-order valence-electron chi connectivity index (χ4n) is 0.907. The van der Waals surface area contributed by atoms with E-state index in [0.29, 0.717) is 13.1 Å². The first-order chi connectivity index (χ1) is 5.87. The second-order valence-electron chi connectivity index (χ2n) is 3.76. The van der Waals surface area contributed by atoms with Crippen LogP contribution in [0.15, 0.2) is 0 Å². The molecule has 0 fully saturated rings. The molecule has 0 aliphatic rings. The van der Waals surface area contributed by atoms with E-state index in [4.69, 9.17) is 5.73 Å². The van der Waals surface area contributed by atoms with E-state index in [0.717, 1.165) is 0 Å². The molecule has 13 heavy (non-hydrogen) atoms. The van der Waals surface area contributed by atoms with Gasteiger partial charge in [-0.05, 0) is 26.6 Å². The van der Waals surface area contributed by atoms with E-state index in [9.17, 15) is 8.42 Å². The van der Waals surface area contributed by atoms with Crippen LogP contribution in [0.1, 0.15) is 6.92 Å². The molecular weight excluding hydrogens is 188 g/mol. The smallest absolute Gasteiger partial charge is 0.151 e. The maximum absolute atomic E-state index is 11.4. The van der Waals surface area contributed by atoms with Crippen molar-refractivity contribution >= 4 is 9.84 Å². The Morgan fingerprint density at radius 2 is 1.92 bits per heavy atom. The van der Waals surface area contributed by atoms with Crippen molar-refractivity contribution < 1.29 is 8.42 Å². The van der Waals surface area contributed by atoms with Crippen LogP contribution < -0.4 is 5.73 Å². The quantitative estimate of drug-likeness (QED) is 0.642. The second kappa shape index (κ2) is 5.57. The van der Waals surface area contributed by atoms with Gasteiger partial charge in [0.05, 0.1) is 11.5 Å². The van der Waals surface area contributed by atoms with Crippen molar-refractivity contribution in [3.63, 3.8) is 0 Å². The number of rotatable bonds is 6. The molecule has 0 amide bonds. The molecule has 0 aliphatic heterocycles. The molecule has 0 aromatic rings. The third kappa shape index (κ3) is 6.98. The molecule has 0 spiro atoms. The van der Waals surface area contributed by atoms with Crippen molar-refractivity contribution in [3.8, 4) is 0 Å². The molecule has 0 saturated heterocycles. The van der Waals surface area contributed by atoms with Gasteiger partial charge in [-0.1, -0.05) is 6.92 Å². The fraction of sp³-hybridized carbons (Fsp3) is 1.00. The Morgan fingerprint density at radius 1 is 1.38 bits per heavy atom. The van der Waals surface area contributed by atoms with Crippen molar-refractivity contribution in [1.82, 2.24) is 4.90 Å². The van der Waals surface area contributed by atoms with Crippen molar-refractivity contribution in [2.45, 2.75) is 6.92 Å². The number of hydrogen-bond donors (Lipinski definition) is 1. The van der Waals surface area contributed by atoms with Gasteiger partial charge in [-0.2, -0.15) is 0 Å². The van der Waals surface area contributed by atoms with Crippen LogP contribution in [0.2, 0.25) is 0 Å². The van der Waals surface area contributed by atoms with E-state index >= 15 is 0 Å². The van der Waals surface area contributed by atoms with Crippen molar-refractivity contribution in [2.24, 2.45) is 11.7 Å². The zero-order valence-corrected chi connectivity index (χ0v) is 9.47. The van der Waals surface area contributed by atoms with Crippen LogP contribution in [0.4, 0.5) is 0 Å². The number of sulfone groups is 1. The van der Waals surface area contributed by atoms with Crippen LogP contribution >= 0.6 is 0 Å². The summed E-state index contributed by atoms with van der Waals surface area (Å²) in [6.07, 6.45) is 0. The van der Waals surface area contributed by atoms with Crippen LogP contribution in [0.3, 0.4) is 0 Å². The minimum atomic E-state index is -2.91. The van der Waals surface area contributed by atoms with Crippen LogP contribution in [0, 0.1) is 5.92 Å². The maximum Gasteiger partial charge on any atom is 0.151 e. The monoisotopic (exact) mass is 208 g/mol. The number of nitrogens with two attached hydrogens (primary N) is 1. The molecule has 0 rings (SSSR count). The molecule has 1 unspecified atom stereocenters. The summed E-state index contributed by atoms with van der Waals surface area (Å²) in [6, 6.07) is 0. The molecule has 5 heteroatoms. The summed E-state index contributed by atoms with van der Waals surface area (Å²) in [5, 5.41) is 0. The van der Waals surface area contributed by atoms with Crippen molar-refractivity contribution in [2.75, 3.05) is 38.7 Å². The topological polar surface area (TPSA) is 63.4 Å². The van der Waals surface area contributed by atoms with Crippen LogP contribution in [-0.2, 0) is 9.84 Å². The Labute approximate surface area is 81.0 Å². The lowest BCUT2D eigenvalue weighted by Crippen LogP contribution is -2.27. The SMILES string of the molecule is CC(CN)CS(=O)(=O)CCN(C)C. The Kier molecular flexibility index (Phi) is 5.51. The average molecular weight is 208 g/mol.